The van der Waals surface area contributed by atoms with E-state index in [1.165, 1.54) is 28.8 Å². The second-order valence-electron chi connectivity index (χ2n) is 8.01. The summed E-state index contributed by atoms with van der Waals surface area (Å²) in [6, 6.07) is 23.8. The van der Waals surface area contributed by atoms with E-state index in [9.17, 15) is 9.18 Å². The van der Waals surface area contributed by atoms with Crippen LogP contribution >= 0.6 is 0 Å². The molecular weight excluding hydrogens is 375 g/mol. The van der Waals surface area contributed by atoms with Crippen LogP contribution in [-0.2, 0) is 0 Å². The minimum absolute atomic E-state index is 0.0850. The molecule has 0 radical (unpaired) electrons. The number of carbonyl (C=O) groups excluding carboxylic acids is 1. The lowest BCUT2D eigenvalue weighted by molar-refractivity contribution is 0.0596. The molecule has 0 spiro atoms. The Balaban J connectivity index is 1.53. The zero-order valence-electron chi connectivity index (χ0n) is 17.5. The molecule has 0 saturated carbocycles. The van der Waals surface area contributed by atoms with Gasteiger partial charge in [-0.2, -0.15) is 0 Å². The fourth-order valence-electron chi connectivity index (χ4n) is 4.18. The van der Waals surface area contributed by atoms with Crippen LogP contribution in [-0.4, -0.2) is 41.9 Å². The van der Waals surface area contributed by atoms with Crippen molar-refractivity contribution in [1.82, 2.24) is 9.80 Å². The van der Waals surface area contributed by atoms with Crippen molar-refractivity contribution in [3.8, 4) is 0 Å². The van der Waals surface area contributed by atoms with Gasteiger partial charge in [-0.1, -0.05) is 66.2 Å². The summed E-state index contributed by atoms with van der Waals surface area (Å²) in [7, 11) is 0. The highest BCUT2D eigenvalue weighted by atomic mass is 19.1. The van der Waals surface area contributed by atoms with E-state index >= 15 is 0 Å². The van der Waals surface area contributed by atoms with Gasteiger partial charge >= 0.3 is 0 Å². The molecule has 0 aliphatic carbocycles. The number of piperazine rings is 1. The Morgan fingerprint density at radius 3 is 2.13 bits per heavy atom. The first-order chi connectivity index (χ1) is 14.5. The van der Waals surface area contributed by atoms with E-state index in [2.05, 4.69) is 60.4 Å². The minimum Gasteiger partial charge on any atom is -0.336 e. The molecule has 0 bridgehead atoms. The molecule has 3 nitrogen and oxygen atoms in total. The summed E-state index contributed by atoms with van der Waals surface area (Å²) in [4.78, 5) is 17.2. The summed E-state index contributed by atoms with van der Waals surface area (Å²) in [5.41, 5.74) is 5.02. The first-order valence-electron chi connectivity index (χ1n) is 10.4. The third-order valence-corrected chi connectivity index (χ3v) is 5.91. The fourth-order valence-corrected chi connectivity index (χ4v) is 4.18. The van der Waals surface area contributed by atoms with E-state index in [1.54, 1.807) is 6.07 Å². The number of amides is 1. The first kappa shape index (κ1) is 20.3. The molecule has 1 atom stereocenters. The Bertz CT molecular complexity index is 1010. The number of hydrogen-bond acceptors (Lipinski definition) is 2. The molecule has 30 heavy (non-hydrogen) atoms. The highest BCUT2D eigenvalue weighted by Crippen LogP contribution is 2.30. The molecule has 4 heteroatoms. The van der Waals surface area contributed by atoms with Gasteiger partial charge in [0.05, 0.1) is 6.04 Å². The molecule has 0 unspecified atom stereocenters. The van der Waals surface area contributed by atoms with E-state index in [1.807, 2.05) is 17.9 Å². The minimum atomic E-state index is -0.369. The van der Waals surface area contributed by atoms with E-state index < -0.39 is 0 Å². The highest BCUT2D eigenvalue weighted by Gasteiger charge is 2.29. The topological polar surface area (TPSA) is 23.6 Å². The lowest BCUT2D eigenvalue weighted by Gasteiger charge is -2.40. The van der Waals surface area contributed by atoms with Crippen molar-refractivity contribution in [2.75, 3.05) is 26.2 Å². The summed E-state index contributed by atoms with van der Waals surface area (Å²) in [6.07, 6.45) is 0. The summed E-state index contributed by atoms with van der Waals surface area (Å²) in [5, 5.41) is 0. The van der Waals surface area contributed by atoms with Crippen LogP contribution in [0.1, 0.15) is 38.7 Å². The molecule has 3 aromatic rings. The maximum atomic E-state index is 13.7. The van der Waals surface area contributed by atoms with Crippen LogP contribution in [0.25, 0.3) is 0 Å². The Morgan fingerprint density at radius 1 is 0.833 bits per heavy atom. The summed E-state index contributed by atoms with van der Waals surface area (Å²) in [5.74, 6) is -0.454. The van der Waals surface area contributed by atoms with Crippen LogP contribution < -0.4 is 0 Å². The van der Waals surface area contributed by atoms with Gasteiger partial charge < -0.3 is 4.90 Å². The molecule has 3 aromatic carbocycles. The Kier molecular flexibility index (Phi) is 5.96. The van der Waals surface area contributed by atoms with Gasteiger partial charge in [-0.05, 0) is 42.7 Å². The van der Waals surface area contributed by atoms with E-state index in [0.29, 0.717) is 18.7 Å². The van der Waals surface area contributed by atoms with Gasteiger partial charge in [0, 0.05) is 31.7 Å². The molecule has 0 N–H and O–H groups in total. The van der Waals surface area contributed by atoms with Crippen molar-refractivity contribution >= 4 is 5.91 Å². The summed E-state index contributed by atoms with van der Waals surface area (Å²) < 4.78 is 13.7. The molecule has 1 saturated heterocycles. The SMILES string of the molecule is Cc1ccc([C@H](c2ccccc2)N2CCN(C(=O)c3cc(F)ccc3C)CC2)cc1. The maximum absolute atomic E-state index is 13.7. The quantitative estimate of drug-likeness (QED) is 0.614. The van der Waals surface area contributed by atoms with Crippen molar-refractivity contribution in [1.29, 1.82) is 0 Å². The van der Waals surface area contributed by atoms with Gasteiger partial charge in [0.2, 0.25) is 0 Å². The summed E-state index contributed by atoms with van der Waals surface area (Å²) in [6.45, 7) is 6.75. The van der Waals surface area contributed by atoms with Gasteiger partial charge in [-0.15, -0.1) is 0 Å². The molecule has 1 aliphatic rings. The van der Waals surface area contributed by atoms with Crippen LogP contribution in [0.2, 0.25) is 0 Å². The zero-order valence-corrected chi connectivity index (χ0v) is 17.5. The van der Waals surface area contributed by atoms with Crippen molar-refractivity contribution in [3.63, 3.8) is 0 Å². The fraction of sp³-hybridized carbons (Fsp3) is 0.269. The third-order valence-electron chi connectivity index (χ3n) is 5.91. The average molecular weight is 403 g/mol. The van der Waals surface area contributed by atoms with Gasteiger partial charge in [-0.25, -0.2) is 4.39 Å². The van der Waals surface area contributed by atoms with Gasteiger partial charge in [0.25, 0.3) is 5.91 Å². The van der Waals surface area contributed by atoms with Crippen molar-refractivity contribution in [2.45, 2.75) is 19.9 Å². The largest absolute Gasteiger partial charge is 0.336 e. The number of rotatable bonds is 4. The first-order valence-corrected chi connectivity index (χ1v) is 10.4. The predicted octanol–water partition coefficient (Wildman–Crippen LogP) is 4.99. The van der Waals surface area contributed by atoms with E-state index in [-0.39, 0.29) is 17.8 Å². The summed E-state index contributed by atoms with van der Waals surface area (Å²) >= 11 is 0. The number of halogens is 1. The monoisotopic (exact) mass is 402 g/mol. The number of hydrogen-bond donors (Lipinski definition) is 0. The van der Waals surface area contributed by atoms with Crippen molar-refractivity contribution < 1.29 is 9.18 Å². The lowest BCUT2D eigenvalue weighted by Crippen LogP contribution is -2.50. The molecule has 1 aliphatic heterocycles. The number of carbonyl (C=O) groups is 1. The average Bonchev–Trinajstić information content (AvgIpc) is 2.78. The van der Waals surface area contributed by atoms with Crippen LogP contribution in [0.15, 0.2) is 72.8 Å². The maximum Gasteiger partial charge on any atom is 0.254 e. The van der Waals surface area contributed by atoms with Crippen molar-refractivity contribution in [3.05, 3.63) is 106 Å². The Hall–Kier alpha value is -2.98. The normalized spacial score (nSPS) is 15.8. The van der Waals surface area contributed by atoms with E-state index in [4.69, 9.17) is 0 Å². The molecule has 0 aromatic heterocycles. The number of benzene rings is 3. The highest BCUT2D eigenvalue weighted by molar-refractivity contribution is 5.95. The molecule has 1 amide bonds. The lowest BCUT2D eigenvalue weighted by atomic mass is 9.95. The second kappa shape index (κ2) is 8.80. The predicted molar refractivity (Wildman–Crippen MR) is 118 cm³/mol. The van der Waals surface area contributed by atoms with Gasteiger partial charge in [0.1, 0.15) is 5.82 Å². The van der Waals surface area contributed by atoms with Crippen LogP contribution in [0.3, 0.4) is 0 Å². The molecule has 4 rings (SSSR count). The van der Waals surface area contributed by atoms with Gasteiger partial charge in [0.15, 0.2) is 0 Å². The standard InChI is InChI=1S/C26H27FN2O/c1-19-8-11-22(12-9-19)25(21-6-4-3-5-7-21)28-14-16-29(17-15-28)26(30)24-18-23(27)13-10-20(24)2/h3-13,18,25H,14-17H2,1-2H3/t25-/m0/s1. The van der Waals surface area contributed by atoms with Gasteiger partial charge in [-0.3, -0.25) is 9.69 Å². The van der Waals surface area contributed by atoms with Crippen molar-refractivity contribution in [2.24, 2.45) is 0 Å². The molecule has 1 heterocycles. The van der Waals surface area contributed by atoms with Crippen LogP contribution in [0.4, 0.5) is 4.39 Å². The number of nitrogens with zero attached hydrogens (tertiary/aromatic N) is 2. The smallest absolute Gasteiger partial charge is 0.254 e. The molecule has 1 fully saturated rings. The third kappa shape index (κ3) is 4.29. The van der Waals surface area contributed by atoms with E-state index in [0.717, 1.165) is 18.7 Å². The Labute approximate surface area is 177 Å². The van der Waals surface area contributed by atoms with Crippen LogP contribution in [0.5, 0.6) is 0 Å². The van der Waals surface area contributed by atoms with Crippen LogP contribution in [0, 0.1) is 19.7 Å². The molecule has 154 valence electrons. The second-order valence-corrected chi connectivity index (χ2v) is 8.01. The molecular formula is C26H27FN2O. The number of aryl methyl sites for hydroxylation is 2. The Morgan fingerprint density at radius 2 is 1.47 bits per heavy atom. The zero-order chi connectivity index (χ0) is 21.1.